The quantitative estimate of drug-likeness (QED) is 0.187. The van der Waals surface area contributed by atoms with E-state index in [2.05, 4.69) is 17.1 Å². The van der Waals surface area contributed by atoms with Crippen LogP contribution in [0.3, 0.4) is 0 Å². The van der Waals surface area contributed by atoms with Crippen LogP contribution in [0, 0.1) is 5.92 Å². The van der Waals surface area contributed by atoms with Gasteiger partial charge in [-0.2, -0.15) is 5.10 Å². The van der Waals surface area contributed by atoms with Gasteiger partial charge in [-0.05, 0) is 61.3 Å². The lowest BCUT2D eigenvalue weighted by molar-refractivity contribution is -0.152. The van der Waals surface area contributed by atoms with Gasteiger partial charge < -0.3 is 14.2 Å². The van der Waals surface area contributed by atoms with E-state index in [0.717, 1.165) is 37.2 Å². The molecule has 1 unspecified atom stereocenters. The smallest absolute Gasteiger partial charge is 0.347 e. The van der Waals surface area contributed by atoms with Crippen molar-refractivity contribution in [2.45, 2.75) is 76.5 Å². The van der Waals surface area contributed by atoms with Crippen molar-refractivity contribution >= 4 is 34.6 Å². The van der Waals surface area contributed by atoms with Crippen LogP contribution in [-0.4, -0.2) is 34.1 Å². The number of esters is 4. The molecule has 2 aromatic carbocycles. The Hall–Kier alpha value is -4.14. The summed E-state index contributed by atoms with van der Waals surface area (Å²) in [7, 11) is 0. The Morgan fingerprint density at radius 1 is 0.950 bits per heavy atom. The van der Waals surface area contributed by atoms with Crippen molar-refractivity contribution in [2.75, 3.05) is 0 Å². The van der Waals surface area contributed by atoms with Gasteiger partial charge in [-0.1, -0.05) is 44.7 Å². The van der Waals surface area contributed by atoms with Crippen LogP contribution in [0.15, 0.2) is 36.5 Å². The lowest BCUT2D eigenvalue weighted by Gasteiger charge is -2.29. The Morgan fingerprint density at radius 2 is 1.77 bits per heavy atom. The number of hydrogen-bond acceptors (Lipinski definition) is 9. The van der Waals surface area contributed by atoms with Crippen LogP contribution in [0.2, 0.25) is 0 Å². The number of aromatic nitrogens is 2. The molecule has 206 valence electrons. The maximum absolute atomic E-state index is 12.6. The zero-order valence-electron chi connectivity index (χ0n) is 22.3. The third-order valence-corrected chi connectivity index (χ3v) is 8.43. The van der Waals surface area contributed by atoms with Crippen LogP contribution in [0.4, 0.5) is 0 Å². The number of ether oxygens (including phenoxy) is 3. The van der Waals surface area contributed by atoms with Gasteiger partial charge in [-0.15, -0.1) is 5.10 Å². The normalized spacial score (nSPS) is 22.4. The second-order valence-electron chi connectivity index (χ2n) is 10.9. The summed E-state index contributed by atoms with van der Waals surface area (Å²) in [5.41, 5.74) is 1.48. The fourth-order valence-electron chi connectivity index (χ4n) is 6.39. The average molecular weight is 543 g/mol. The maximum atomic E-state index is 12.6. The lowest BCUT2D eigenvalue weighted by Crippen LogP contribution is -2.14. The summed E-state index contributed by atoms with van der Waals surface area (Å²) in [6, 6.07) is 8.47. The monoisotopic (exact) mass is 542 g/mol. The number of hydrogen-bond donors (Lipinski definition) is 0. The second-order valence-corrected chi connectivity index (χ2v) is 10.9. The van der Waals surface area contributed by atoms with E-state index in [9.17, 15) is 19.2 Å². The van der Waals surface area contributed by atoms with E-state index < -0.39 is 29.8 Å². The van der Waals surface area contributed by atoms with E-state index in [1.165, 1.54) is 31.7 Å². The molecule has 9 heteroatoms. The molecule has 3 aliphatic rings. The molecule has 0 N–H and O–H groups in total. The Kier molecular flexibility index (Phi) is 7.04. The van der Waals surface area contributed by atoms with Crippen molar-refractivity contribution in [2.24, 2.45) is 5.92 Å². The van der Waals surface area contributed by atoms with Gasteiger partial charge in [0.2, 0.25) is 5.88 Å². The average Bonchev–Trinajstić information content (AvgIpc) is 3.45. The van der Waals surface area contributed by atoms with Crippen molar-refractivity contribution in [3.05, 3.63) is 58.8 Å². The Labute approximate surface area is 231 Å². The highest BCUT2D eigenvalue weighted by Crippen LogP contribution is 2.45. The number of rotatable bonds is 8. The van der Waals surface area contributed by atoms with E-state index in [0.29, 0.717) is 28.0 Å². The maximum Gasteiger partial charge on any atom is 0.347 e. The largest absolute Gasteiger partial charge is 0.437 e. The van der Waals surface area contributed by atoms with Gasteiger partial charge in [0.25, 0.3) is 0 Å². The molecule has 1 atom stereocenters. The highest BCUT2D eigenvalue weighted by molar-refractivity contribution is 6.22. The number of cyclic esters (lactones) is 4. The molecule has 9 nitrogen and oxygen atoms in total. The van der Waals surface area contributed by atoms with Gasteiger partial charge in [0.05, 0.1) is 29.7 Å². The second kappa shape index (κ2) is 10.8. The zero-order valence-corrected chi connectivity index (χ0v) is 22.3. The first-order chi connectivity index (χ1) is 19.4. The van der Waals surface area contributed by atoms with Gasteiger partial charge in [0.1, 0.15) is 5.75 Å². The van der Waals surface area contributed by atoms with E-state index in [1.54, 1.807) is 24.4 Å². The molecule has 2 fully saturated rings. The van der Waals surface area contributed by atoms with Crippen molar-refractivity contribution in [1.82, 2.24) is 10.2 Å². The van der Waals surface area contributed by atoms with Gasteiger partial charge >= 0.3 is 23.9 Å². The molecule has 1 aromatic heterocycles. The molecule has 0 bridgehead atoms. The van der Waals surface area contributed by atoms with E-state index in [4.69, 9.17) is 14.2 Å². The fraction of sp³-hybridized carbons (Fsp3) is 0.419. The van der Waals surface area contributed by atoms with Crippen molar-refractivity contribution < 1.29 is 33.4 Å². The van der Waals surface area contributed by atoms with Gasteiger partial charge in [-0.25, -0.2) is 9.59 Å². The number of unbranched alkanes of at least 4 members (excludes halogenated alkanes) is 2. The fourth-order valence-corrected chi connectivity index (χ4v) is 6.39. The standard InChI is InChI=1S/C31H30N2O7/c1-2-3-4-6-17-9-11-18(12-10-17)19-13-14-32-33-28(19)38-24-8-5-7-20-26(24)21(22-16-25(34)39-29(22)35)15-23-27(20)31(37)40-30(23)36/h5,7-8,13-15,17-18,22H,2-4,6,9-12,16H2,1H3. The molecule has 1 saturated heterocycles. The van der Waals surface area contributed by atoms with Crippen LogP contribution in [0.5, 0.6) is 11.6 Å². The number of benzene rings is 2. The topological polar surface area (TPSA) is 122 Å². The molecule has 0 spiro atoms. The van der Waals surface area contributed by atoms with Gasteiger partial charge in [0, 0.05) is 16.3 Å². The minimum absolute atomic E-state index is 0.0488. The minimum atomic E-state index is -0.946. The Morgan fingerprint density at radius 3 is 2.52 bits per heavy atom. The molecule has 2 aliphatic heterocycles. The molecule has 1 saturated carbocycles. The molecule has 1 aliphatic carbocycles. The molecule has 3 heterocycles. The van der Waals surface area contributed by atoms with Gasteiger partial charge in [0.15, 0.2) is 0 Å². The van der Waals surface area contributed by atoms with Crippen molar-refractivity contribution in [3.63, 3.8) is 0 Å². The summed E-state index contributed by atoms with van der Waals surface area (Å²) >= 11 is 0. The van der Waals surface area contributed by atoms with Crippen LogP contribution in [0.25, 0.3) is 10.8 Å². The summed E-state index contributed by atoms with van der Waals surface area (Å²) in [5.74, 6) is -2.15. The Bertz CT molecular complexity index is 1520. The third kappa shape index (κ3) is 4.74. The first-order valence-electron chi connectivity index (χ1n) is 14.0. The highest BCUT2D eigenvalue weighted by Gasteiger charge is 2.40. The highest BCUT2D eigenvalue weighted by atomic mass is 16.6. The lowest BCUT2D eigenvalue weighted by atomic mass is 9.77. The van der Waals surface area contributed by atoms with Gasteiger partial charge in [-0.3, -0.25) is 9.59 Å². The number of fused-ring (bicyclic) bond motifs is 3. The van der Waals surface area contributed by atoms with Crippen LogP contribution < -0.4 is 4.74 Å². The summed E-state index contributed by atoms with van der Waals surface area (Å²) in [6.45, 7) is 2.23. The first-order valence-corrected chi connectivity index (χ1v) is 14.0. The molecule has 0 amide bonds. The predicted molar refractivity (Wildman–Crippen MR) is 143 cm³/mol. The van der Waals surface area contributed by atoms with Crippen LogP contribution in [-0.2, 0) is 19.1 Å². The zero-order chi connectivity index (χ0) is 27.8. The summed E-state index contributed by atoms with van der Waals surface area (Å²) < 4.78 is 16.1. The summed E-state index contributed by atoms with van der Waals surface area (Å²) in [6.07, 6.45) is 11.0. The van der Waals surface area contributed by atoms with E-state index in [1.807, 2.05) is 6.07 Å². The van der Waals surface area contributed by atoms with E-state index >= 15 is 0 Å². The molecule has 6 rings (SSSR count). The third-order valence-electron chi connectivity index (χ3n) is 8.43. The summed E-state index contributed by atoms with van der Waals surface area (Å²) in [4.78, 5) is 49.7. The number of nitrogens with zero attached hydrogens (tertiary/aromatic N) is 2. The predicted octanol–water partition coefficient (Wildman–Crippen LogP) is 6.14. The number of carbonyl (C=O) groups excluding carboxylic acids is 4. The van der Waals surface area contributed by atoms with Crippen LogP contribution in [0.1, 0.15) is 108 Å². The molecule has 0 radical (unpaired) electrons. The van der Waals surface area contributed by atoms with Crippen LogP contribution >= 0.6 is 0 Å². The van der Waals surface area contributed by atoms with Crippen molar-refractivity contribution in [3.8, 4) is 11.6 Å². The summed E-state index contributed by atoms with van der Waals surface area (Å²) in [5, 5.41) is 9.22. The minimum Gasteiger partial charge on any atom is -0.437 e. The first kappa shape index (κ1) is 26.1. The molecule has 40 heavy (non-hydrogen) atoms. The Balaban J connectivity index is 1.38. The van der Waals surface area contributed by atoms with Crippen molar-refractivity contribution in [1.29, 1.82) is 0 Å². The van der Waals surface area contributed by atoms with E-state index in [-0.39, 0.29) is 23.5 Å². The molecular weight excluding hydrogens is 512 g/mol. The molecule has 3 aromatic rings. The SMILES string of the molecule is CCCCCC1CCC(c2ccnnc2Oc2cccc3c4c(cc(C5CC(=O)OC5=O)c23)C(=O)OC4=O)CC1. The number of carbonyl (C=O) groups is 4. The molecular formula is C31H30N2O7.